The highest BCUT2D eigenvalue weighted by molar-refractivity contribution is 9.10. The Kier molecular flexibility index (Phi) is 5.99. The summed E-state index contributed by atoms with van der Waals surface area (Å²) in [5, 5.41) is 2.97. The molecule has 2 heterocycles. The average Bonchev–Trinajstić information content (AvgIpc) is 2.43. The molecule has 1 atom stereocenters. The lowest BCUT2D eigenvalue weighted by Gasteiger charge is -2.29. The van der Waals surface area contributed by atoms with Crippen molar-refractivity contribution in [1.29, 1.82) is 0 Å². The van der Waals surface area contributed by atoms with E-state index in [1.54, 1.807) is 12.3 Å². The zero-order valence-corrected chi connectivity index (χ0v) is 13.9. The number of piperidine rings is 1. The minimum absolute atomic E-state index is 0.0581. The van der Waals surface area contributed by atoms with Gasteiger partial charge in [-0.2, -0.15) is 0 Å². The van der Waals surface area contributed by atoms with Crippen molar-refractivity contribution in [2.24, 2.45) is 0 Å². The maximum Gasteiger partial charge on any atom is 0.251 e. The number of hydrogen-bond donors (Lipinski definition) is 1. The first kappa shape index (κ1) is 16.2. The molecule has 1 saturated heterocycles. The number of rotatable bonds is 5. The van der Waals surface area contributed by atoms with Crippen LogP contribution in [0.1, 0.15) is 26.2 Å². The first-order chi connectivity index (χ1) is 10.0. The summed E-state index contributed by atoms with van der Waals surface area (Å²) < 4.78 is 2.20. The molecule has 0 aromatic carbocycles. The molecule has 0 saturated carbocycles. The van der Waals surface area contributed by atoms with E-state index in [2.05, 4.69) is 26.1 Å². The highest BCUT2D eigenvalue weighted by atomic mass is 79.9. The number of amides is 1. The zero-order valence-electron chi connectivity index (χ0n) is 12.3. The number of hydrogen-bond acceptors (Lipinski definition) is 3. The van der Waals surface area contributed by atoms with Crippen LogP contribution in [0.2, 0.25) is 0 Å². The lowest BCUT2D eigenvalue weighted by Crippen LogP contribution is -2.45. The van der Waals surface area contributed by atoms with Gasteiger partial charge in [0.1, 0.15) is 6.54 Å². The molecule has 0 spiro atoms. The molecule has 21 heavy (non-hydrogen) atoms. The molecule has 0 unspecified atom stereocenters. The van der Waals surface area contributed by atoms with Crippen molar-refractivity contribution in [3.05, 3.63) is 33.2 Å². The van der Waals surface area contributed by atoms with Crippen molar-refractivity contribution in [3.63, 3.8) is 0 Å². The van der Waals surface area contributed by atoms with Gasteiger partial charge in [-0.15, -0.1) is 0 Å². The Hall–Kier alpha value is -1.14. The Morgan fingerprint density at radius 3 is 2.76 bits per heavy atom. The molecule has 1 aliphatic rings. The van der Waals surface area contributed by atoms with Gasteiger partial charge < -0.3 is 14.8 Å². The first-order valence-corrected chi connectivity index (χ1v) is 8.21. The van der Waals surface area contributed by atoms with E-state index in [-0.39, 0.29) is 24.1 Å². The second kappa shape index (κ2) is 7.75. The second-order valence-electron chi connectivity index (χ2n) is 5.64. The van der Waals surface area contributed by atoms with Crippen molar-refractivity contribution in [1.82, 2.24) is 14.8 Å². The summed E-state index contributed by atoms with van der Waals surface area (Å²) in [6.07, 6.45) is 5.43. The third-order valence-corrected chi connectivity index (χ3v) is 4.12. The van der Waals surface area contributed by atoms with Crippen LogP contribution >= 0.6 is 15.9 Å². The Labute approximate surface area is 133 Å². The van der Waals surface area contributed by atoms with E-state index in [0.29, 0.717) is 0 Å². The van der Waals surface area contributed by atoms with E-state index in [1.165, 1.54) is 29.9 Å². The molecule has 1 N–H and O–H groups in total. The van der Waals surface area contributed by atoms with Gasteiger partial charge in [-0.3, -0.25) is 9.59 Å². The Balaban J connectivity index is 1.83. The highest BCUT2D eigenvalue weighted by Gasteiger charge is 2.15. The number of halogens is 1. The van der Waals surface area contributed by atoms with E-state index < -0.39 is 0 Å². The summed E-state index contributed by atoms with van der Waals surface area (Å²) in [6, 6.07) is 3.23. The molecule has 1 aliphatic heterocycles. The quantitative estimate of drug-likeness (QED) is 0.872. The summed E-state index contributed by atoms with van der Waals surface area (Å²) >= 11 is 3.30. The fraction of sp³-hybridized carbons (Fsp3) is 0.600. The van der Waals surface area contributed by atoms with Crippen molar-refractivity contribution < 1.29 is 4.79 Å². The SMILES string of the molecule is C[C@H](CN1CCCCC1)NC(=O)Cn1cc(Br)ccc1=O. The number of nitrogens with one attached hydrogen (secondary N) is 1. The van der Waals surface area contributed by atoms with Gasteiger partial charge in [0.2, 0.25) is 5.91 Å². The van der Waals surface area contributed by atoms with Gasteiger partial charge in [0.25, 0.3) is 5.56 Å². The van der Waals surface area contributed by atoms with Crippen LogP contribution in [-0.2, 0) is 11.3 Å². The van der Waals surface area contributed by atoms with Crippen LogP contribution in [0.4, 0.5) is 0 Å². The molecule has 1 aromatic heterocycles. The molecule has 5 nitrogen and oxygen atoms in total. The van der Waals surface area contributed by atoms with Crippen molar-refractivity contribution in [2.45, 2.75) is 38.8 Å². The van der Waals surface area contributed by atoms with E-state index in [4.69, 9.17) is 0 Å². The molecule has 1 amide bonds. The predicted molar refractivity (Wildman–Crippen MR) is 86.3 cm³/mol. The molecular formula is C15H22BrN3O2. The monoisotopic (exact) mass is 355 g/mol. The van der Waals surface area contributed by atoms with Gasteiger partial charge in [-0.05, 0) is 54.9 Å². The predicted octanol–water partition coefficient (Wildman–Crippen LogP) is 1.60. The molecule has 2 rings (SSSR count). The topological polar surface area (TPSA) is 54.3 Å². The number of carbonyl (C=O) groups is 1. The summed E-state index contributed by atoms with van der Waals surface area (Å²) in [4.78, 5) is 26.1. The van der Waals surface area contributed by atoms with Gasteiger partial charge in [-0.25, -0.2) is 0 Å². The molecule has 116 valence electrons. The van der Waals surface area contributed by atoms with E-state index in [9.17, 15) is 9.59 Å². The Morgan fingerprint density at radius 2 is 2.05 bits per heavy atom. The molecule has 6 heteroatoms. The summed E-state index contributed by atoms with van der Waals surface area (Å²) in [5.41, 5.74) is -0.169. The lowest BCUT2D eigenvalue weighted by molar-refractivity contribution is -0.122. The minimum Gasteiger partial charge on any atom is -0.351 e. The first-order valence-electron chi connectivity index (χ1n) is 7.42. The van der Waals surface area contributed by atoms with Crippen LogP contribution in [0.15, 0.2) is 27.6 Å². The van der Waals surface area contributed by atoms with Crippen LogP contribution in [0, 0.1) is 0 Å². The van der Waals surface area contributed by atoms with Gasteiger partial charge in [-0.1, -0.05) is 6.42 Å². The Bertz CT molecular complexity index is 538. The van der Waals surface area contributed by atoms with Gasteiger partial charge in [0, 0.05) is 29.3 Å². The largest absolute Gasteiger partial charge is 0.351 e. The minimum atomic E-state index is -0.169. The van der Waals surface area contributed by atoms with Crippen LogP contribution in [-0.4, -0.2) is 41.1 Å². The van der Waals surface area contributed by atoms with E-state index in [0.717, 1.165) is 24.1 Å². The summed E-state index contributed by atoms with van der Waals surface area (Å²) in [7, 11) is 0. The van der Waals surface area contributed by atoms with Crippen molar-refractivity contribution >= 4 is 21.8 Å². The maximum atomic E-state index is 12.0. The average molecular weight is 356 g/mol. The van der Waals surface area contributed by atoms with Crippen molar-refractivity contribution in [2.75, 3.05) is 19.6 Å². The molecule has 1 aromatic rings. The van der Waals surface area contributed by atoms with Crippen LogP contribution < -0.4 is 10.9 Å². The number of pyridine rings is 1. The zero-order chi connectivity index (χ0) is 15.2. The molecule has 0 bridgehead atoms. The van der Waals surface area contributed by atoms with Gasteiger partial charge in [0.15, 0.2) is 0 Å². The molecule has 0 aliphatic carbocycles. The third kappa shape index (κ3) is 5.28. The van der Waals surface area contributed by atoms with E-state index in [1.807, 2.05) is 6.92 Å². The molecule has 0 radical (unpaired) electrons. The third-order valence-electron chi connectivity index (χ3n) is 3.65. The normalized spacial score (nSPS) is 17.4. The maximum absolute atomic E-state index is 12.0. The lowest BCUT2D eigenvalue weighted by atomic mass is 10.1. The summed E-state index contributed by atoms with van der Waals surface area (Å²) in [5.74, 6) is -0.125. The van der Waals surface area contributed by atoms with Crippen molar-refractivity contribution in [3.8, 4) is 0 Å². The second-order valence-corrected chi connectivity index (χ2v) is 6.56. The standard InChI is InChI=1S/C15H22BrN3O2/c1-12(9-18-7-3-2-4-8-18)17-14(20)11-19-10-13(16)5-6-15(19)21/h5-6,10,12H,2-4,7-9,11H2,1H3,(H,17,20)/t12-/m1/s1. The van der Waals surface area contributed by atoms with Gasteiger partial charge >= 0.3 is 0 Å². The number of nitrogens with zero attached hydrogens (tertiary/aromatic N) is 2. The van der Waals surface area contributed by atoms with Crippen LogP contribution in [0.5, 0.6) is 0 Å². The number of likely N-dealkylation sites (tertiary alicyclic amines) is 1. The fourth-order valence-electron chi connectivity index (χ4n) is 2.68. The van der Waals surface area contributed by atoms with Crippen LogP contribution in [0.3, 0.4) is 0 Å². The van der Waals surface area contributed by atoms with Crippen LogP contribution in [0.25, 0.3) is 0 Å². The number of aromatic nitrogens is 1. The smallest absolute Gasteiger partial charge is 0.251 e. The molecule has 1 fully saturated rings. The number of carbonyl (C=O) groups excluding carboxylic acids is 1. The van der Waals surface area contributed by atoms with E-state index >= 15 is 0 Å². The fourth-order valence-corrected chi connectivity index (χ4v) is 3.06. The molecular weight excluding hydrogens is 334 g/mol. The highest BCUT2D eigenvalue weighted by Crippen LogP contribution is 2.09. The summed E-state index contributed by atoms with van der Waals surface area (Å²) in [6.45, 7) is 5.18. The van der Waals surface area contributed by atoms with Gasteiger partial charge in [0.05, 0.1) is 0 Å². The Morgan fingerprint density at radius 1 is 1.33 bits per heavy atom.